The van der Waals surface area contributed by atoms with Crippen LogP contribution in [0.5, 0.6) is 0 Å². The molecular weight excluding hydrogens is 170 g/mol. The Morgan fingerprint density at radius 3 is 2.93 bits per heavy atom. The van der Waals surface area contributed by atoms with Crippen molar-refractivity contribution < 1.29 is 0 Å². The van der Waals surface area contributed by atoms with Crippen molar-refractivity contribution in [1.29, 1.82) is 0 Å². The number of aryl methyl sites for hydroxylation is 1. The highest BCUT2D eigenvalue weighted by molar-refractivity contribution is 5.64. The Kier molecular flexibility index (Phi) is 2.26. The summed E-state index contributed by atoms with van der Waals surface area (Å²) >= 11 is 0. The molecule has 0 spiro atoms. The number of hydrogen-bond acceptors (Lipinski definition) is 1. The molecule has 1 nitrogen and oxygen atoms in total. The highest BCUT2D eigenvalue weighted by Crippen LogP contribution is 2.41. The fourth-order valence-corrected chi connectivity index (χ4v) is 2.56. The Bertz CT molecular complexity index is 343. The van der Waals surface area contributed by atoms with Gasteiger partial charge in [-0.15, -0.1) is 0 Å². The van der Waals surface area contributed by atoms with Crippen LogP contribution >= 0.6 is 0 Å². The van der Waals surface area contributed by atoms with Gasteiger partial charge in [0.15, 0.2) is 0 Å². The number of rotatable bonds is 2. The zero-order valence-electron chi connectivity index (χ0n) is 9.35. The van der Waals surface area contributed by atoms with Crippen molar-refractivity contribution in [3.63, 3.8) is 0 Å². The molecule has 1 aromatic carbocycles. The summed E-state index contributed by atoms with van der Waals surface area (Å²) in [5, 5.41) is 3.54. The maximum Gasteiger partial charge on any atom is 0.0409 e. The predicted octanol–water partition coefficient (Wildman–Crippen LogP) is 3.48. The maximum absolute atomic E-state index is 3.54. The topological polar surface area (TPSA) is 12.0 Å². The lowest BCUT2D eigenvalue weighted by atomic mass is 9.80. The van der Waals surface area contributed by atoms with E-state index < -0.39 is 0 Å². The van der Waals surface area contributed by atoms with E-state index in [-0.39, 0.29) is 0 Å². The first-order valence-corrected chi connectivity index (χ1v) is 5.51. The highest BCUT2D eigenvalue weighted by Gasteiger charge is 2.33. The summed E-state index contributed by atoms with van der Waals surface area (Å²) in [5.74, 6) is 0. The molecule has 0 bridgehead atoms. The van der Waals surface area contributed by atoms with Gasteiger partial charge in [-0.05, 0) is 24.5 Å². The molecule has 0 aromatic heterocycles. The number of nitrogens with one attached hydrogen (secondary N) is 1. The standard InChI is InChI=1S/C13H19N/c1-4-8-13(3)9-14-12-10(2)6-5-7-11(12)13/h5-7,14H,4,8-9H2,1-3H3. The van der Waals surface area contributed by atoms with Gasteiger partial charge in [0.2, 0.25) is 0 Å². The van der Waals surface area contributed by atoms with Crippen molar-refractivity contribution in [2.75, 3.05) is 11.9 Å². The van der Waals surface area contributed by atoms with Crippen LogP contribution in [-0.4, -0.2) is 6.54 Å². The van der Waals surface area contributed by atoms with Gasteiger partial charge in [0.05, 0.1) is 0 Å². The highest BCUT2D eigenvalue weighted by atomic mass is 14.9. The molecular formula is C13H19N. The van der Waals surface area contributed by atoms with Crippen LogP contribution < -0.4 is 5.32 Å². The van der Waals surface area contributed by atoms with Gasteiger partial charge in [0, 0.05) is 17.6 Å². The van der Waals surface area contributed by atoms with E-state index in [1.807, 2.05) is 0 Å². The molecule has 0 fully saturated rings. The third kappa shape index (κ3) is 1.31. The molecule has 0 saturated carbocycles. The summed E-state index contributed by atoms with van der Waals surface area (Å²) in [6.45, 7) is 7.92. The van der Waals surface area contributed by atoms with Crippen molar-refractivity contribution in [3.05, 3.63) is 29.3 Å². The molecule has 1 unspecified atom stereocenters. The van der Waals surface area contributed by atoms with Crippen LogP contribution in [0, 0.1) is 6.92 Å². The summed E-state index contributed by atoms with van der Waals surface area (Å²) in [7, 11) is 0. The average Bonchev–Trinajstić information content (AvgIpc) is 2.47. The fraction of sp³-hybridized carbons (Fsp3) is 0.538. The lowest BCUT2D eigenvalue weighted by Crippen LogP contribution is -2.23. The minimum atomic E-state index is 0.357. The molecule has 1 atom stereocenters. The second-order valence-electron chi connectivity index (χ2n) is 4.66. The average molecular weight is 189 g/mol. The summed E-state index contributed by atoms with van der Waals surface area (Å²) in [4.78, 5) is 0. The zero-order valence-corrected chi connectivity index (χ0v) is 9.35. The minimum Gasteiger partial charge on any atom is -0.384 e. The van der Waals surface area contributed by atoms with Gasteiger partial charge in [-0.2, -0.15) is 0 Å². The molecule has 1 heterocycles. The van der Waals surface area contributed by atoms with Gasteiger partial charge in [0.25, 0.3) is 0 Å². The van der Waals surface area contributed by atoms with Gasteiger partial charge < -0.3 is 5.32 Å². The maximum atomic E-state index is 3.54. The number of para-hydroxylation sites is 1. The summed E-state index contributed by atoms with van der Waals surface area (Å²) in [6, 6.07) is 6.64. The third-order valence-corrected chi connectivity index (χ3v) is 3.38. The number of benzene rings is 1. The summed E-state index contributed by atoms with van der Waals surface area (Å²) in [6.07, 6.45) is 2.53. The van der Waals surface area contributed by atoms with Crippen molar-refractivity contribution in [1.82, 2.24) is 0 Å². The first-order valence-electron chi connectivity index (χ1n) is 5.51. The molecule has 1 aliphatic rings. The zero-order chi connectivity index (χ0) is 10.2. The molecule has 0 amide bonds. The lowest BCUT2D eigenvalue weighted by molar-refractivity contribution is 0.471. The Morgan fingerprint density at radius 1 is 1.43 bits per heavy atom. The van der Waals surface area contributed by atoms with E-state index >= 15 is 0 Å². The Hall–Kier alpha value is -0.980. The molecule has 1 aromatic rings. The van der Waals surface area contributed by atoms with Crippen molar-refractivity contribution >= 4 is 5.69 Å². The number of fused-ring (bicyclic) bond motifs is 1. The van der Waals surface area contributed by atoms with Crippen LogP contribution in [0.2, 0.25) is 0 Å². The Labute approximate surface area is 86.5 Å². The Morgan fingerprint density at radius 2 is 2.21 bits per heavy atom. The molecule has 1 N–H and O–H groups in total. The molecule has 0 aliphatic carbocycles. The third-order valence-electron chi connectivity index (χ3n) is 3.38. The smallest absolute Gasteiger partial charge is 0.0409 e. The SMILES string of the molecule is CCCC1(C)CNc2c(C)cccc21. The normalized spacial score (nSPS) is 24.5. The van der Waals surface area contributed by atoms with E-state index in [9.17, 15) is 0 Å². The predicted molar refractivity (Wildman–Crippen MR) is 61.9 cm³/mol. The molecule has 14 heavy (non-hydrogen) atoms. The first-order chi connectivity index (χ1) is 6.67. The molecule has 0 radical (unpaired) electrons. The monoisotopic (exact) mass is 189 g/mol. The largest absolute Gasteiger partial charge is 0.384 e. The summed E-state index contributed by atoms with van der Waals surface area (Å²) in [5.41, 5.74) is 4.63. The number of hydrogen-bond donors (Lipinski definition) is 1. The second kappa shape index (κ2) is 3.30. The van der Waals surface area contributed by atoms with E-state index in [1.165, 1.54) is 29.7 Å². The van der Waals surface area contributed by atoms with Crippen LogP contribution in [0.1, 0.15) is 37.8 Å². The van der Waals surface area contributed by atoms with Crippen molar-refractivity contribution in [2.24, 2.45) is 0 Å². The van der Waals surface area contributed by atoms with E-state index in [0.717, 1.165) is 6.54 Å². The van der Waals surface area contributed by atoms with Crippen LogP contribution in [0.25, 0.3) is 0 Å². The van der Waals surface area contributed by atoms with Gasteiger partial charge in [-0.25, -0.2) is 0 Å². The second-order valence-corrected chi connectivity index (χ2v) is 4.66. The molecule has 1 aliphatic heterocycles. The minimum absolute atomic E-state index is 0.357. The van der Waals surface area contributed by atoms with E-state index in [0.29, 0.717) is 5.41 Å². The number of anilines is 1. The van der Waals surface area contributed by atoms with E-state index in [1.54, 1.807) is 0 Å². The molecule has 2 rings (SSSR count). The van der Waals surface area contributed by atoms with Gasteiger partial charge in [-0.1, -0.05) is 38.5 Å². The quantitative estimate of drug-likeness (QED) is 0.751. The van der Waals surface area contributed by atoms with Crippen molar-refractivity contribution in [3.8, 4) is 0 Å². The van der Waals surface area contributed by atoms with Gasteiger partial charge in [0.1, 0.15) is 0 Å². The van der Waals surface area contributed by atoms with E-state index in [2.05, 4.69) is 44.3 Å². The summed E-state index contributed by atoms with van der Waals surface area (Å²) < 4.78 is 0. The van der Waals surface area contributed by atoms with Crippen LogP contribution in [-0.2, 0) is 5.41 Å². The van der Waals surface area contributed by atoms with Gasteiger partial charge in [-0.3, -0.25) is 0 Å². The van der Waals surface area contributed by atoms with E-state index in [4.69, 9.17) is 0 Å². The van der Waals surface area contributed by atoms with Crippen LogP contribution in [0.4, 0.5) is 5.69 Å². The van der Waals surface area contributed by atoms with Gasteiger partial charge >= 0.3 is 0 Å². The lowest BCUT2D eigenvalue weighted by Gasteiger charge is -2.23. The molecule has 1 heteroatoms. The molecule has 76 valence electrons. The van der Waals surface area contributed by atoms with Crippen LogP contribution in [0.3, 0.4) is 0 Å². The van der Waals surface area contributed by atoms with Crippen LogP contribution in [0.15, 0.2) is 18.2 Å². The fourth-order valence-electron chi connectivity index (χ4n) is 2.56. The Balaban J connectivity index is 2.44. The van der Waals surface area contributed by atoms with Crippen molar-refractivity contribution in [2.45, 2.75) is 39.0 Å². The molecule has 0 saturated heterocycles. The first kappa shape index (κ1) is 9.57.